The van der Waals surface area contributed by atoms with Gasteiger partial charge in [0.15, 0.2) is 0 Å². The standard InChI is InChI=1S/C19H21N5O2/c1-2-16-20-10-12-23(16)13-17(25)24-11-6-9-15(24)19-21-18(22-26-19)14-7-4-3-5-8-14/h3-5,7-8,10,12,15H,2,6,9,11,13H2,1H3. The first-order valence-corrected chi connectivity index (χ1v) is 8.94. The van der Waals surface area contributed by atoms with Crippen molar-refractivity contribution in [3.63, 3.8) is 0 Å². The minimum absolute atomic E-state index is 0.0552. The van der Waals surface area contributed by atoms with E-state index in [2.05, 4.69) is 15.1 Å². The summed E-state index contributed by atoms with van der Waals surface area (Å²) in [6.07, 6.45) is 6.16. The van der Waals surface area contributed by atoms with Gasteiger partial charge in [0, 0.05) is 30.9 Å². The quantitative estimate of drug-likeness (QED) is 0.706. The molecule has 1 aromatic carbocycles. The molecule has 1 fully saturated rings. The lowest BCUT2D eigenvalue weighted by molar-refractivity contribution is -0.133. The number of rotatable bonds is 5. The average molecular weight is 351 g/mol. The number of hydrogen-bond acceptors (Lipinski definition) is 5. The maximum Gasteiger partial charge on any atom is 0.249 e. The fraction of sp³-hybridized carbons (Fsp3) is 0.368. The second-order valence-electron chi connectivity index (χ2n) is 6.39. The fourth-order valence-electron chi connectivity index (χ4n) is 3.43. The molecule has 1 saturated heterocycles. The molecule has 2 aromatic heterocycles. The van der Waals surface area contributed by atoms with Crippen molar-refractivity contribution in [1.29, 1.82) is 0 Å². The Balaban J connectivity index is 1.52. The second kappa shape index (κ2) is 7.11. The molecule has 1 unspecified atom stereocenters. The third kappa shape index (κ3) is 3.12. The first-order valence-electron chi connectivity index (χ1n) is 8.94. The molecule has 7 nitrogen and oxygen atoms in total. The summed E-state index contributed by atoms with van der Waals surface area (Å²) in [6, 6.07) is 9.55. The van der Waals surface area contributed by atoms with Crippen molar-refractivity contribution in [1.82, 2.24) is 24.6 Å². The van der Waals surface area contributed by atoms with Crippen LogP contribution in [0.1, 0.15) is 37.5 Å². The Labute approximate surface area is 151 Å². The summed E-state index contributed by atoms with van der Waals surface area (Å²) in [7, 11) is 0. The van der Waals surface area contributed by atoms with Gasteiger partial charge in [-0.25, -0.2) is 4.98 Å². The average Bonchev–Trinajstić information content (AvgIpc) is 3.41. The Morgan fingerprint density at radius 2 is 2.15 bits per heavy atom. The van der Waals surface area contributed by atoms with Crippen LogP contribution in [0.5, 0.6) is 0 Å². The van der Waals surface area contributed by atoms with E-state index in [0.717, 1.165) is 30.7 Å². The second-order valence-corrected chi connectivity index (χ2v) is 6.39. The van der Waals surface area contributed by atoms with Crippen LogP contribution in [0, 0.1) is 0 Å². The van der Waals surface area contributed by atoms with E-state index < -0.39 is 0 Å². The van der Waals surface area contributed by atoms with Crippen molar-refractivity contribution in [2.45, 2.75) is 38.8 Å². The molecule has 0 radical (unpaired) electrons. The number of aromatic nitrogens is 4. The van der Waals surface area contributed by atoms with E-state index >= 15 is 0 Å². The van der Waals surface area contributed by atoms with Gasteiger partial charge in [0.25, 0.3) is 0 Å². The highest BCUT2D eigenvalue weighted by molar-refractivity contribution is 5.76. The molecular weight excluding hydrogens is 330 g/mol. The molecule has 1 amide bonds. The minimum atomic E-state index is -0.152. The van der Waals surface area contributed by atoms with Crippen LogP contribution in [-0.2, 0) is 17.8 Å². The molecule has 1 aliphatic rings. The molecule has 0 aliphatic carbocycles. The van der Waals surface area contributed by atoms with Crippen LogP contribution in [0.3, 0.4) is 0 Å². The van der Waals surface area contributed by atoms with E-state index in [1.165, 1.54) is 0 Å². The van der Waals surface area contributed by atoms with E-state index in [1.54, 1.807) is 6.20 Å². The molecule has 1 atom stereocenters. The van der Waals surface area contributed by atoms with Crippen molar-refractivity contribution in [2.24, 2.45) is 0 Å². The van der Waals surface area contributed by atoms with Crippen LogP contribution in [-0.4, -0.2) is 37.0 Å². The van der Waals surface area contributed by atoms with E-state index in [1.807, 2.05) is 52.9 Å². The highest BCUT2D eigenvalue weighted by Gasteiger charge is 2.34. The molecule has 0 spiro atoms. The largest absolute Gasteiger partial charge is 0.337 e. The number of carbonyl (C=O) groups is 1. The van der Waals surface area contributed by atoms with E-state index in [0.29, 0.717) is 24.8 Å². The third-order valence-corrected chi connectivity index (χ3v) is 4.76. The van der Waals surface area contributed by atoms with Gasteiger partial charge in [0.05, 0.1) is 0 Å². The molecular formula is C19H21N5O2. The summed E-state index contributed by atoms with van der Waals surface area (Å²) in [6.45, 7) is 3.04. The van der Waals surface area contributed by atoms with E-state index in [-0.39, 0.29) is 11.9 Å². The van der Waals surface area contributed by atoms with Gasteiger partial charge in [-0.05, 0) is 12.8 Å². The van der Waals surface area contributed by atoms with Gasteiger partial charge in [-0.3, -0.25) is 4.79 Å². The van der Waals surface area contributed by atoms with Crippen molar-refractivity contribution >= 4 is 5.91 Å². The zero-order valence-electron chi connectivity index (χ0n) is 14.7. The zero-order valence-corrected chi connectivity index (χ0v) is 14.7. The van der Waals surface area contributed by atoms with Gasteiger partial charge in [0.1, 0.15) is 18.4 Å². The minimum Gasteiger partial charge on any atom is -0.337 e. The van der Waals surface area contributed by atoms with Gasteiger partial charge in [0.2, 0.25) is 17.6 Å². The first kappa shape index (κ1) is 16.5. The molecule has 3 aromatic rings. The summed E-state index contributed by atoms with van der Waals surface area (Å²) in [5, 5.41) is 4.09. The summed E-state index contributed by atoms with van der Waals surface area (Å²) >= 11 is 0. The Morgan fingerprint density at radius 3 is 2.96 bits per heavy atom. The number of aryl methyl sites for hydroxylation is 1. The monoisotopic (exact) mass is 351 g/mol. The van der Waals surface area contributed by atoms with Crippen LogP contribution in [0.2, 0.25) is 0 Å². The topological polar surface area (TPSA) is 77.1 Å². The van der Waals surface area contributed by atoms with Gasteiger partial charge >= 0.3 is 0 Å². The Bertz CT molecular complexity index is 886. The molecule has 0 bridgehead atoms. The molecule has 1 aliphatic heterocycles. The lowest BCUT2D eigenvalue weighted by Crippen LogP contribution is -2.33. The van der Waals surface area contributed by atoms with Gasteiger partial charge in [-0.1, -0.05) is 42.4 Å². The van der Waals surface area contributed by atoms with E-state index in [9.17, 15) is 4.79 Å². The predicted octanol–water partition coefficient (Wildman–Crippen LogP) is 2.86. The summed E-state index contributed by atoms with van der Waals surface area (Å²) in [4.78, 5) is 23.5. The van der Waals surface area contributed by atoms with Gasteiger partial charge in [-0.2, -0.15) is 4.98 Å². The number of nitrogens with zero attached hydrogens (tertiary/aromatic N) is 5. The number of hydrogen-bond donors (Lipinski definition) is 0. The zero-order chi connectivity index (χ0) is 17.9. The predicted molar refractivity (Wildman–Crippen MR) is 95.0 cm³/mol. The fourth-order valence-corrected chi connectivity index (χ4v) is 3.43. The van der Waals surface area contributed by atoms with Crippen molar-refractivity contribution in [2.75, 3.05) is 6.54 Å². The SMILES string of the molecule is CCc1nccn1CC(=O)N1CCCC1c1nc(-c2ccccc2)no1. The Kier molecular flexibility index (Phi) is 4.51. The molecule has 0 N–H and O–H groups in total. The van der Waals surface area contributed by atoms with Crippen molar-refractivity contribution in [3.05, 3.63) is 54.4 Å². The molecule has 26 heavy (non-hydrogen) atoms. The van der Waals surface area contributed by atoms with Crippen LogP contribution in [0.15, 0.2) is 47.2 Å². The van der Waals surface area contributed by atoms with Crippen molar-refractivity contribution in [3.8, 4) is 11.4 Å². The number of likely N-dealkylation sites (tertiary alicyclic amines) is 1. The summed E-state index contributed by atoms with van der Waals surface area (Å²) in [5.74, 6) is 2.04. The van der Waals surface area contributed by atoms with Gasteiger partial charge < -0.3 is 14.0 Å². The maximum absolute atomic E-state index is 12.8. The highest BCUT2D eigenvalue weighted by Crippen LogP contribution is 2.32. The van der Waals surface area contributed by atoms with Crippen LogP contribution in [0.25, 0.3) is 11.4 Å². The van der Waals surface area contributed by atoms with Crippen LogP contribution >= 0.6 is 0 Å². The number of imidazole rings is 1. The van der Waals surface area contributed by atoms with Gasteiger partial charge in [-0.15, -0.1) is 0 Å². The van der Waals surface area contributed by atoms with E-state index in [4.69, 9.17) is 4.52 Å². The Morgan fingerprint density at radius 1 is 1.31 bits per heavy atom. The summed E-state index contributed by atoms with van der Waals surface area (Å²) < 4.78 is 7.39. The molecule has 3 heterocycles. The van der Waals surface area contributed by atoms with Crippen LogP contribution < -0.4 is 0 Å². The molecule has 0 saturated carbocycles. The highest BCUT2D eigenvalue weighted by atomic mass is 16.5. The molecule has 7 heteroatoms. The lowest BCUT2D eigenvalue weighted by Gasteiger charge is -2.22. The number of benzene rings is 1. The third-order valence-electron chi connectivity index (χ3n) is 4.76. The van der Waals surface area contributed by atoms with Crippen LogP contribution in [0.4, 0.5) is 0 Å². The lowest BCUT2D eigenvalue weighted by atomic mass is 10.2. The molecule has 134 valence electrons. The maximum atomic E-state index is 12.8. The smallest absolute Gasteiger partial charge is 0.249 e. The van der Waals surface area contributed by atoms with Crippen molar-refractivity contribution < 1.29 is 9.32 Å². The Hall–Kier alpha value is -2.96. The normalized spacial score (nSPS) is 17.0. The summed E-state index contributed by atoms with van der Waals surface area (Å²) in [5.41, 5.74) is 0.907. The first-order chi connectivity index (χ1) is 12.8. The number of amides is 1. The number of carbonyl (C=O) groups excluding carboxylic acids is 1. The molecule has 4 rings (SSSR count).